The van der Waals surface area contributed by atoms with Crippen LogP contribution >= 0.6 is 11.3 Å². The number of nitrogens with one attached hydrogen (secondary N) is 2. The number of hydrogen-bond acceptors (Lipinski definition) is 4. The standard InChI is InChI=1S/C19H19N3OS/c1-22(2)17-11-9-15(10-12-17)20-14-5-7-16(8-6-14)21-19(23)18-4-3-13-24-18/h3-13,20H,1-2H3,(H,21,23). The molecule has 1 aromatic heterocycles. The first-order valence-electron chi connectivity index (χ1n) is 7.61. The highest BCUT2D eigenvalue weighted by molar-refractivity contribution is 7.12. The molecule has 0 bridgehead atoms. The zero-order valence-electron chi connectivity index (χ0n) is 13.6. The van der Waals surface area contributed by atoms with E-state index in [1.54, 1.807) is 0 Å². The minimum absolute atomic E-state index is 0.0787. The highest BCUT2D eigenvalue weighted by Crippen LogP contribution is 2.22. The molecule has 0 aliphatic heterocycles. The quantitative estimate of drug-likeness (QED) is 0.702. The maximum absolute atomic E-state index is 12.0. The van der Waals surface area contributed by atoms with Gasteiger partial charge in [-0.1, -0.05) is 6.07 Å². The molecular formula is C19H19N3OS. The van der Waals surface area contributed by atoms with Gasteiger partial charge in [0.1, 0.15) is 0 Å². The Morgan fingerprint density at radius 1 is 0.875 bits per heavy atom. The summed E-state index contributed by atoms with van der Waals surface area (Å²) in [5.41, 5.74) is 3.94. The summed E-state index contributed by atoms with van der Waals surface area (Å²) in [6, 6.07) is 19.6. The minimum atomic E-state index is -0.0787. The van der Waals surface area contributed by atoms with E-state index in [0.29, 0.717) is 4.88 Å². The monoisotopic (exact) mass is 337 g/mol. The van der Waals surface area contributed by atoms with Crippen LogP contribution in [0, 0.1) is 0 Å². The lowest BCUT2D eigenvalue weighted by Crippen LogP contribution is -2.09. The SMILES string of the molecule is CN(C)c1ccc(Nc2ccc(NC(=O)c3cccs3)cc2)cc1. The third kappa shape index (κ3) is 3.94. The molecule has 2 aromatic carbocycles. The Balaban J connectivity index is 1.63. The molecule has 0 saturated heterocycles. The van der Waals surface area contributed by atoms with Crippen molar-refractivity contribution in [3.8, 4) is 0 Å². The molecule has 0 unspecified atom stereocenters. The van der Waals surface area contributed by atoms with Gasteiger partial charge in [-0.15, -0.1) is 11.3 Å². The third-order valence-corrected chi connectivity index (χ3v) is 4.43. The Kier molecular flexibility index (Phi) is 4.82. The van der Waals surface area contributed by atoms with E-state index in [-0.39, 0.29) is 5.91 Å². The molecule has 3 aromatic rings. The molecule has 5 heteroatoms. The number of rotatable bonds is 5. The Morgan fingerprint density at radius 2 is 1.46 bits per heavy atom. The lowest BCUT2D eigenvalue weighted by molar-refractivity contribution is 0.103. The van der Waals surface area contributed by atoms with Gasteiger partial charge >= 0.3 is 0 Å². The zero-order valence-corrected chi connectivity index (χ0v) is 14.4. The van der Waals surface area contributed by atoms with Crippen molar-refractivity contribution in [3.05, 3.63) is 70.9 Å². The summed E-state index contributed by atoms with van der Waals surface area (Å²) in [4.78, 5) is 14.8. The summed E-state index contributed by atoms with van der Waals surface area (Å²) in [6.07, 6.45) is 0. The molecule has 0 spiro atoms. The largest absolute Gasteiger partial charge is 0.378 e. The Morgan fingerprint density at radius 3 is 2.00 bits per heavy atom. The fraction of sp³-hybridized carbons (Fsp3) is 0.105. The van der Waals surface area contributed by atoms with Gasteiger partial charge in [-0.05, 0) is 60.0 Å². The predicted molar refractivity (Wildman–Crippen MR) is 103 cm³/mol. The second-order valence-electron chi connectivity index (χ2n) is 5.58. The van der Waals surface area contributed by atoms with Crippen molar-refractivity contribution in [1.82, 2.24) is 0 Å². The van der Waals surface area contributed by atoms with Crippen LogP contribution in [-0.2, 0) is 0 Å². The topological polar surface area (TPSA) is 44.4 Å². The van der Waals surface area contributed by atoms with Crippen molar-refractivity contribution in [1.29, 1.82) is 0 Å². The van der Waals surface area contributed by atoms with Gasteiger partial charge in [-0.2, -0.15) is 0 Å². The van der Waals surface area contributed by atoms with Crippen molar-refractivity contribution in [3.63, 3.8) is 0 Å². The van der Waals surface area contributed by atoms with E-state index in [2.05, 4.69) is 27.7 Å². The van der Waals surface area contributed by atoms with Crippen molar-refractivity contribution in [2.45, 2.75) is 0 Å². The van der Waals surface area contributed by atoms with Gasteiger partial charge in [0.2, 0.25) is 0 Å². The molecule has 4 nitrogen and oxygen atoms in total. The number of benzene rings is 2. The van der Waals surface area contributed by atoms with Gasteiger partial charge in [0.25, 0.3) is 5.91 Å². The van der Waals surface area contributed by atoms with Crippen molar-refractivity contribution in [2.24, 2.45) is 0 Å². The van der Waals surface area contributed by atoms with Crippen molar-refractivity contribution >= 4 is 40.0 Å². The van der Waals surface area contributed by atoms with E-state index >= 15 is 0 Å². The van der Waals surface area contributed by atoms with E-state index in [9.17, 15) is 4.79 Å². The lowest BCUT2D eigenvalue weighted by Gasteiger charge is -2.13. The Hall–Kier alpha value is -2.79. The van der Waals surface area contributed by atoms with Crippen molar-refractivity contribution in [2.75, 3.05) is 29.6 Å². The first-order valence-corrected chi connectivity index (χ1v) is 8.49. The van der Waals surface area contributed by atoms with Crippen LogP contribution < -0.4 is 15.5 Å². The number of anilines is 4. The minimum Gasteiger partial charge on any atom is -0.378 e. The molecule has 0 fully saturated rings. The Bertz CT molecular complexity index is 794. The number of hydrogen-bond donors (Lipinski definition) is 2. The second kappa shape index (κ2) is 7.19. The first kappa shape index (κ1) is 16.1. The fourth-order valence-electron chi connectivity index (χ4n) is 2.25. The molecule has 0 aliphatic carbocycles. The number of thiophene rings is 1. The van der Waals surface area contributed by atoms with E-state index in [1.807, 2.05) is 68.0 Å². The number of amides is 1. The van der Waals surface area contributed by atoms with Crippen LogP contribution in [0.3, 0.4) is 0 Å². The summed E-state index contributed by atoms with van der Waals surface area (Å²) >= 11 is 1.43. The van der Waals surface area contributed by atoms with E-state index in [4.69, 9.17) is 0 Å². The summed E-state index contributed by atoms with van der Waals surface area (Å²) in [7, 11) is 4.04. The molecular weight excluding hydrogens is 318 g/mol. The van der Waals surface area contributed by atoms with Crippen LogP contribution in [-0.4, -0.2) is 20.0 Å². The molecule has 24 heavy (non-hydrogen) atoms. The molecule has 1 amide bonds. The Labute approximate surface area is 145 Å². The molecule has 0 saturated carbocycles. The first-order chi connectivity index (χ1) is 11.6. The van der Waals surface area contributed by atoms with Gasteiger partial charge in [0.15, 0.2) is 0 Å². The van der Waals surface area contributed by atoms with E-state index < -0.39 is 0 Å². The summed E-state index contributed by atoms with van der Waals surface area (Å²) in [5.74, 6) is -0.0787. The smallest absolute Gasteiger partial charge is 0.265 e. The summed E-state index contributed by atoms with van der Waals surface area (Å²) < 4.78 is 0. The average Bonchev–Trinajstić information content (AvgIpc) is 3.12. The third-order valence-electron chi connectivity index (χ3n) is 3.56. The molecule has 3 rings (SSSR count). The average molecular weight is 337 g/mol. The summed E-state index contributed by atoms with van der Waals surface area (Å²) in [5, 5.41) is 8.13. The second-order valence-corrected chi connectivity index (χ2v) is 6.52. The molecule has 1 heterocycles. The normalized spacial score (nSPS) is 10.2. The molecule has 0 radical (unpaired) electrons. The molecule has 0 atom stereocenters. The maximum atomic E-state index is 12.0. The molecule has 0 aliphatic rings. The van der Waals surface area contributed by atoms with E-state index in [1.165, 1.54) is 11.3 Å². The number of carbonyl (C=O) groups is 1. The zero-order chi connectivity index (χ0) is 16.9. The van der Waals surface area contributed by atoms with Gasteiger partial charge in [-0.3, -0.25) is 4.79 Å². The van der Waals surface area contributed by atoms with Crippen molar-refractivity contribution < 1.29 is 4.79 Å². The number of nitrogens with zero attached hydrogens (tertiary/aromatic N) is 1. The van der Waals surface area contributed by atoms with Gasteiger partial charge in [-0.25, -0.2) is 0 Å². The van der Waals surface area contributed by atoms with E-state index in [0.717, 1.165) is 22.7 Å². The van der Waals surface area contributed by atoms with Gasteiger partial charge in [0.05, 0.1) is 4.88 Å². The van der Waals surface area contributed by atoms with Crippen LogP contribution in [0.5, 0.6) is 0 Å². The highest BCUT2D eigenvalue weighted by Gasteiger charge is 2.06. The van der Waals surface area contributed by atoms with Crippen LogP contribution in [0.25, 0.3) is 0 Å². The maximum Gasteiger partial charge on any atom is 0.265 e. The lowest BCUT2D eigenvalue weighted by atomic mass is 10.2. The van der Waals surface area contributed by atoms with Crippen LogP contribution in [0.1, 0.15) is 9.67 Å². The predicted octanol–water partition coefficient (Wildman–Crippen LogP) is 4.81. The summed E-state index contributed by atoms with van der Waals surface area (Å²) in [6.45, 7) is 0. The van der Waals surface area contributed by atoms with Crippen LogP contribution in [0.15, 0.2) is 66.0 Å². The molecule has 2 N–H and O–H groups in total. The highest BCUT2D eigenvalue weighted by atomic mass is 32.1. The van der Waals surface area contributed by atoms with Gasteiger partial charge < -0.3 is 15.5 Å². The molecule has 122 valence electrons. The fourth-order valence-corrected chi connectivity index (χ4v) is 2.87. The number of carbonyl (C=O) groups excluding carboxylic acids is 1. The van der Waals surface area contributed by atoms with Crippen LogP contribution in [0.2, 0.25) is 0 Å². The van der Waals surface area contributed by atoms with Crippen LogP contribution in [0.4, 0.5) is 22.7 Å². The van der Waals surface area contributed by atoms with Gasteiger partial charge in [0, 0.05) is 36.8 Å².